The number of aromatic amines is 1. The molecule has 1 N–H and O–H groups in total. The van der Waals surface area contributed by atoms with Gasteiger partial charge < -0.3 is 4.98 Å². The van der Waals surface area contributed by atoms with Crippen molar-refractivity contribution >= 4 is 28.1 Å². The molecule has 0 radical (unpaired) electrons. The largest absolute Gasteiger partial charge is 0.346 e. The number of nitrogens with zero attached hydrogens (tertiary/aromatic N) is 1. The van der Waals surface area contributed by atoms with E-state index in [1.807, 2.05) is 6.92 Å². The number of nitrogens with one attached hydrogen (secondary N) is 1. The van der Waals surface area contributed by atoms with E-state index in [-0.39, 0.29) is 5.41 Å². The number of hydrogen-bond donors (Lipinski definition) is 1. The van der Waals surface area contributed by atoms with Crippen LogP contribution in [-0.4, -0.2) is 9.97 Å². The highest BCUT2D eigenvalue weighted by molar-refractivity contribution is 9.10. The number of H-pyrrole nitrogens is 1. The van der Waals surface area contributed by atoms with Crippen molar-refractivity contribution in [2.45, 2.75) is 31.6 Å². The molecule has 4 heteroatoms. The first-order chi connectivity index (χ1) is 9.13. The SMILES string of the molecule is Cc1[nH]c(C2(c3ccccc3)CCC2)nc(=S)c1Br. The van der Waals surface area contributed by atoms with Gasteiger partial charge in [0.15, 0.2) is 0 Å². The average Bonchev–Trinajstić information content (AvgIpc) is 2.36. The first-order valence-electron chi connectivity index (χ1n) is 6.46. The molecular formula is C15H15BrN2S. The molecule has 0 saturated heterocycles. The van der Waals surface area contributed by atoms with E-state index in [1.54, 1.807) is 0 Å². The van der Waals surface area contributed by atoms with Gasteiger partial charge in [0.05, 0.1) is 9.89 Å². The second kappa shape index (κ2) is 4.84. The van der Waals surface area contributed by atoms with Gasteiger partial charge in [0.1, 0.15) is 10.5 Å². The minimum Gasteiger partial charge on any atom is -0.346 e. The number of aryl methyl sites for hydroxylation is 1. The Hall–Kier alpha value is -1.00. The van der Waals surface area contributed by atoms with Gasteiger partial charge in [-0.25, -0.2) is 4.98 Å². The van der Waals surface area contributed by atoms with Crippen LogP contribution in [-0.2, 0) is 5.41 Å². The van der Waals surface area contributed by atoms with E-state index in [0.29, 0.717) is 4.64 Å². The van der Waals surface area contributed by atoms with Crippen molar-refractivity contribution in [2.24, 2.45) is 0 Å². The highest BCUT2D eigenvalue weighted by Crippen LogP contribution is 2.47. The summed E-state index contributed by atoms with van der Waals surface area (Å²) in [4.78, 5) is 8.05. The summed E-state index contributed by atoms with van der Waals surface area (Å²) in [5.41, 5.74) is 2.42. The fraction of sp³-hybridized carbons (Fsp3) is 0.333. The summed E-state index contributed by atoms with van der Waals surface area (Å²) in [6, 6.07) is 10.6. The van der Waals surface area contributed by atoms with Crippen LogP contribution in [0.2, 0.25) is 0 Å². The standard InChI is InChI=1S/C15H15BrN2S/c1-10-12(16)13(19)18-14(17-10)15(8-5-9-15)11-6-3-2-4-7-11/h2-4,6-7H,5,8-9H2,1H3,(H,17,18,19). The molecular weight excluding hydrogens is 320 g/mol. The average molecular weight is 335 g/mol. The summed E-state index contributed by atoms with van der Waals surface area (Å²) < 4.78 is 1.54. The molecule has 0 unspecified atom stereocenters. The topological polar surface area (TPSA) is 28.7 Å². The van der Waals surface area contributed by atoms with Gasteiger partial charge >= 0.3 is 0 Å². The molecule has 0 atom stereocenters. The predicted molar refractivity (Wildman–Crippen MR) is 82.9 cm³/mol. The quantitative estimate of drug-likeness (QED) is 0.807. The molecule has 0 bridgehead atoms. The second-order valence-electron chi connectivity index (χ2n) is 5.13. The lowest BCUT2D eigenvalue weighted by Gasteiger charge is -2.41. The van der Waals surface area contributed by atoms with Gasteiger partial charge in [0.25, 0.3) is 0 Å². The van der Waals surface area contributed by atoms with E-state index in [2.05, 4.69) is 56.2 Å². The van der Waals surface area contributed by atoms with Crippen LogP contribution in [0.15, 0.2) is 34.8 Å². The summed E-state index contributed by atoms with van der Waals surface area (Å²) in [6.45, 7) is 2.03. The zero-order valence-electron chi connectivity index (χ0n) is 10.7. The first kappa shape index (κ1) is 13.0. The minimum absolute atomic E-state index is 0.0281. The Morgan fingerprint density at radius 2 is 1.95 bits per heavy atom. The van der Waals surface area contributed by atoms with Crippen molar-refractivity contribution in [1.82, 2.24) is 9.97 Å². The van der Waals surface area contributed by atoms with E-state index in [1.165, 1.54) is 12.0 Å². The number of hydrogen-bond acceptors (Lipinski definition) is 2. The lowest BCUT2D eigenvalue weighted by atomic mass is 9.64. The molecule has 1 aliphatic carbocycles. The monoisotopic (exact) mass is 334 g/mol. The Morgan fingerprint density at radius 1 is 1.26 bits per heavy atom. The highest BCUT2D eigenvalue weighted by Gasteiger charge is 2.42. The van der Waals surface area contributed by atoms with E-state index < -0.39 is 0 Å². The number of halogens is 1. The third-order valence-corrected chi connectivity index (χ3v) is 5.55. The van der Waals surface area contributed by atoms with Crippen LogP contribution in [0.25, 0.3) is 0 Å². The summed E-state index contributed by atoms with van der Waals surface area (Å²) in [6.07, 6.45) is 3.51. The zero-order chi connectivity index (χ0) is 13.5. The Bertz CT molecular complexity index is 660. The Labute approximate surface area is 126 Å². The molecule has 19 heavy (non-hydrogen) atoms. The summed E-state index contributed by atoms with van der Waals surface area (Å²) in [7, 11) is 0. The molecule has 1 fully saturated rings. The van der Waals surface area contributed by atoms with Crippen LogP contribution in [0.5, 0.6) is 0 Å². The van der Waals surface area contributed by atoms with Crippen LogP contribution in [0, 0.1) is 11.6 Å². The molecule has 1 aromatic carbocycles. The van der Waals surface area contributed by atoms with E-state index in [9.17, 15) is 0 Å². The van der Waals surface area contributed by atoms with Gasteiger partial charge in [0.2, 0.25) is 0 Å². The molecule has 0 spiro atoms. The maximum Gasteiger partial charge on any atom is 0.144 e. The number of aromatic nitrogens is 2. The van der Waals surface area contributed by atoms with Crippen molar-refractivity contribution in [3.63, 3.8) is 0 Å². The van der Waals surface area contributed by atoms with Gasteiger partial charge in [0, 0.05) is 5.69 Å². The molecule has 0 amide bonds. The van der Waals surface area contributed by atoms with Gasteiger partial charge in [-0.1, -0.05) is 49.0 Å². The lowest BCUT2D eigenvalue weighted by Crippen LogP contribution is -2.37. The smallest absolute Gasteiger partial charge is 0.144 e. The van der Waals surface area contributed by atoms with Crippen LogP contribution >= 0.6 is 28.1 Å². The van der Waals surface area contributed by atoms with Crippen LogP contribution in [0.3, 0.4) is 0 Å². The van der Waals surface area contributed by atoms with Crippen molar-refractivity contribution < 1.29 is 0 Å². The molecule has 1 aliphatic rings. The molecule has 2 nitrogen and oxygen atoms in total. The summed E-state index contributed by atoms with van der Waals surface area (Å²) in [5, 5.41) is 0. The third kappa shape index (κ3) is 2.07. The van der Waals surface area contributed by atoms with E-state index in [4.69, 9.17) is 12.2 Å². The number of benzene rings is 1. The Kier molecular flexibility index (Phi) is 3.31. The van der Waals surface area contributed by atoms with E-state index in [0.717, 1.165) is 28.8 Å². The molecule has 2 aromatic rings. The predicted octanol–water partition coefficient (Wildman–Crippen LogP) is 4.68. The fourth-order valence-corrected chi connectivity index (χ4v) is 3.18. The van der Waals surface area contributed by atoms with Crippen molar-refractivity contribution in [3.05, 3.63) is 56.5 Å². The maximum absolute atomic E-state index is 5.34. The van der Waals surface area contributed by atoms with Gasteiger partial charge in [-0.15, -0.1) is 0 Å². The maximum atomic E-state index is 5.34. The van der Waals surface area contributed by atoms with Gasteiger partial charge in [-0.05, 0) is 41.3 Å². The molecule has 3 rings (SSSR count). The first-order valence-corrected chi connectivity index (χ1v) is 7.66. The van der Waals surface area contributed by atoms with E-state index >= 15 is 0 Å². The van der Waals surface area contributed by atoms with Gasteiger partial charge in [-0.3, -0.25) is 0 Å². The summed E-state index contributed by atoms with van der Waals surface area (Å²) in [5.74, 6) is 1.01. The minimum atomic E-state index is 0.0281. The van der Waals surface area contributed by atoms with Crippen molar-refractivity contribution in [1.29, 1.82) is 0 Å². The Balaban J connectivity index is 2.16. The van der Waals surface area contributed by atoms with Gasteiger partial charge in [-0.2, -0.15) is 0 Å². The highest BCUT2D eigenvalue weighted by atomic mass is 79.9. The molecule has 1 saturated carbocycles. The normalized spacial score (nSPS) is 16.9. The second-order valence-corrected chi connectivity index (χ2v) is 6.31. The van der Waals surface area contributed by atoms with Crippen LogP contribution in [0.1, 0.15) is 36.3 Å². The Morgan fingerprint density at radius 3 is 2.47 bits per heavy atom. The molecule has 1 aromatic heterocycles. The lowest BCUT2D eigenvalue weighted by molar-refractivity contribution is 0.284. The molecule has 98 valence electrons. The molecule has 0 aliphatic heterocycles. The third-order valence-electron chi connectivity index (χ3n) is 4.02. The number of rotatable bonds is 2. The van der Waals surface area contributed by atoms with Crippen molar-refractivity contribution in [3.8, 4) is 0 Å². The summed E-state index contributed by atoms with van der Waals surface area (Å²) >= 11 is 8.82. The molecule has 1 heterocycles. The fourth-order valence-electron chi connectivity index (χ4n) is 2.75. The zero-order valence-corrected chi connectivity index (χ0v) is 13.1. The van der Waals surface area contributed by atoms with Crippen molar-refractivity contribution in [2.75, 3.05) is 0 Å². The van der Waals surface area contributed by atoms with Crippen LogP contribution in [0.4, 0.5) is 0 Å². The van der Waals surface area contributed by atoms with Crippen LogP contribution < -0.4 is 0 Å².